The average Bonchev–Trinajstić information content (AvgIpc) is 2.63. The first-order valence-corrected chi connectivity index (χ1v) is 7.24. The molecule has 2 rings (SSSR count). The molecule has 1 saturated heterocycles. The van der Waals surface area contributed by atoms with Gasteiger partial charge in [0.1, 0.15) is 12.2 Å². The predicted octanol–water partition coefficient (Wildman–Crippen LogP) is 0.329. The van der Waals surface area contributed by atoms with E-state index in [0.29, 0.717) is 12.2 Å². The smallest absolute Gasteiger partial charge is 0.311 e. The molecule has 1 aromatic rings. The van der Waals surface area contributed by atoms with Crippen LogP contribution in [-0.4, -0.2) is 41.0 Å². The number of rotatable bonds is 3. The van der Waals surface area contributed by atoms with E-state index in [-0.39, 0.29) is 23.8 Å². The van der Waals surface area contributed by atoms with E-state index < -0.39 is 15.8 Å². The van der Waals surface area contributed by atoms with Crippen molar-refractivity contribution in [1.29, 1.82) is 0 Å². The molecule has 1 atom stereocenters. The van der Waals surface area contributed by atoms with Crippen LogP contribution in [0.15, 0.2) is 6.20 Å². The maximum absolute atomic E-state index is 11.5. The monoisotopic (exact) mass is 258 g/mol. The number of H-pyrrole nitrogens is 1. The van der Waals surface area contributed by atoms with Crippen molar-refractivity contribution < 1.29 is 18.3 Å². The van der Waals surface area contributed by atoms with Gasteiger partial charge in [0.2, 0.25) is 0 Å². The number of nitrogens with one attached hydrogen (secondary N) is 1. The number of carbonyl (C=O) groups is 1. The lowest BCUT2D eigenvalue weighted by atomic mass is 10.0. The topological polar surface area (TPSA) is 100 Å². The highest BCUT2D eigenvalue weighted by Crippen LogP contribution is 2.26. The van der Waals surface area contributed by atoms with Gasteiger partial charge in [-0.2, -0.15) is 0 Å². The molecule has 17 heavy (non-hydrogen) atoms. The average molecular weight is 258 g/mol. The van der Waals surface area contributed by atoms with Gasteiger partial charge in [0.15, 0.2) is 9.84 Å². The van der Waals surface area contributed by atoms with Gasteiger partial charge in [-0.05, 0) is 12.8 Å². The van der Waals surface area contributed by atoms with Gasteiger partial charge in [-0.15, -0.1) is 0 Å². The zero-order valence-electron chi connectivity index (χ0n) is 9.22. The molecule has 1 aromatic heterocycles. The molecular formula is C10H14N2O4S. The van der Waals surface area contributed by atoms with Gasteiger partial charge in [-0.1, -0.05) is 0 Å². The summed E-state index contributed by atoms with van der Waals surface area (Å²) in [5, 5.41) is 8.61. The van der Waals surface area contributed by atoms with Crippen molar-refractivity contribution in [1.82, 2.24) is 9.97 Å². The number of carboxylic acids is 1. The third kappa shape index (κ3) is 3.06. The summed E-state index contributed by atoms with van der Waals surface area (Å²) in [7, 11) is -2.96. The molecule has 2 heterocycles. The summed E-state index contributed by atoms with van der Waals surface area (Å²) < 4.78 is 23.0. The minimum Gasteiger partial charge on any atom is -0.481 e. The summed E-state index contributed by atoms with van der Waals surface area (Å²) in [4.78, 5) is 17.3. The first-order valence-electron chi connectivity index (χ1n) is 5.42. The SMILES string of the molecule is O=C(O)Cc1ncc(C2CCCS(=O)(=O)C2)[nH]1. The van der Waals surface area contributed by atoms with Gasteiger partial charge in [-0.3, -0.25) is 4.79 Å². The molecule has 7 heteroatoms. The molecule has 0 radical (unpaired) electrons. The lowest BCUT2D eigenvalue weighted by Gasteiger charge is -2.20. The fourth-order valence-corrected chi connectivity index (χ4v) is 3.82. The van der Waals surface area contributed by atoms with Crippen molar-refractivity contribution in [3.05, 3.63) is 17.7 Å². The first-order chi connectivity index (χ1) is 7.96. The second-order valence-electron chi connectivity index (χ2n) is 4.31. The van der Waals surface area contributed by atoms with E-state index in [0.717, 1.165) is 12.1 Å². The fraction of sp³-hybridized carbons (Fsp3) is 0.600. The summed E-state index contributed by atoms with van der Waals surface area (Å²) in [5.41, 5.74) is 0.726. The Kier molecular flexibility index (Phi) is 3.19. The lowest BCUT2D eigenvalue weighted by Crippen LogP contribution is -2.23. The molecule has 1 unspecified atom stereocenters. The Hall–Kier alpha value is -1.37. The van der Waals surface area contributed by atoms with E-state index in [1.165, 1.54) is 0 Å². The van der Waals surface area contributed by atoms with Gasteiger partial charge >= 0.3 is 5.97 Å². The molecule has 0 saturated carbocycles. The van der Waals surface area contributed by atoms with Gasteiger partial charge in [0.05, 0.1) is 11.5 Å². The lowest BCUT2D eigenvalue weighted by molar-refractivity contribution is -0.136. The van der Waals surface area contributed by atoms with Gasteiger partial charge in [0, 0.05) is 17.8 Å². The van der Waals surface area contributed by atoms with Crippen molar-refractivity contribution in [2.45, 2.75) is 25.2 Å². The Labute approximate surface area is 99.0 Å². The van der Waals surface area contributed by atoms with Crippen molar-refractivity contribution in [2.75, 3.05) is 11.5 Å². The summed E-state index contributed by atoms with van der Waals surface area (Å²) in [5.74, 6) is -0.289. The van der Waals surface area contributed by atoms with Crippen LogP contribution in [0.5, 0.6) is 0 Å². The number of aromatic amines is 1. The van der Waals surface area contributed by atoms with Gasteiger partial charge in [-0.25, -0.2) is 13.4 Å². The number of aromatic nitrogens is 2. The molecule has 0 amide bonds. The molecule has 0 bridgehead atoms. The third-order valence-electron chi connectivity index (χ3n) is 2.87. The van der Waals surface area contributed by atoms with Gasteiger partial charge in [0.25, 0.3) is 0 Å². The summed E-state index contributed by atoms with van der Waals surface area (Å²) >= 11 is 0. The number of nitrogens with zero attached hydrogens (tertiary/aromatic N) is 1. The number of hydrogen-bond donors (Lipinski definition) is 2. The number of aliphatic carboxylic acids is 1. The quantitative estimate of drug-likeness (QED) is 0.813. The van der Waals surface area contributed by atoms with E-state index in [9.17, 15) is 13.2 Å². The molecule has 0 aliphatic carbocycles. The van der Waals surface area contributed by atoms with Crippen LogP contribution >= 0.6 is 0 Å². The Morgan fingerprint density at radius 1 is 1.59 bits per heavy atom. The minimum atomic E-state index is -2.96. The standard InChI is InChI=1S/C10H14N2O4S/c13-10(14)4-9-11-5-8(12-9)7-2-1-3-17(15,16)6-7/h5,7H,1-4,6H2,(H,11,12)(H,13,14). The van der Waals surface area contributed by atoms with E-state index in [1.807, 2.05) is 0 Å². The molecular weight excluding hydrogens is 244 g/mol. The Bertz CT molecular complexity index is 520. The highest BCUT2D eigenvalue weighted by atomic mass is 32.2. The zero-order chi connectivity index (χ0) is 12.5. The maximum atomic E-state index is 11.5. The second kappa shape index (κ2) is 4.48. The van der Waals surface area contributed by atoms with Crippen LogP contribution in [0.25, 0.3) is 0 Å². The molecule has 0 aromatic carbocycles. The molecule has 6 nitrogen and oxygen atoms in total. The largest absolute Gasteiger partial charge is 0.481 e. The van der Waals surface area contributed by atoms with Crippen LogP contribution in [0.3, 0.4) is 0 Å². The number of imidazole rings is 1. The molecule has 2 N–H and O–H groups in total. The highest BCUT2D eigenvalue weighted by Gasteiger charge is 2.27. The summed E-state index contributed by atoms with van der Waals surface area (Å²) in [6.45, 7) is 0. The van der Waals surface area contributed by atoms with Gasteiger partial charge < -0.3 is 10.1 Å². The zero-order valence-corrected chi connectivity index (χ0v) is 10.0. The van der Waals surface area contributed by atoms with E-state index >= 15 is 0 Å². The molecule has 1 aliphatic rings. The Morgan fingerprint density at radius 2 is 2.35 bits per heavy atom. The maximum Gasteiger partial charge on any atom is 0.311 e. The van der Waals surface area contributed by atoms with Crippen LogP contribution in [0.1, 0.15) is 30.3 Å². The Morgan fingerprint density at radius 3 is 3.00 bits per heavy atom. The minimum absolute atomic E-state index is 0.0798. The normalized spacial score (nSPS) is 23.4. The first kappa shape index (κ1) is 12.1. The predicted molar refractivity (Wildman–Crippen MR) is 60.6 cm³/mol. The van der Waals surface area contributed by atoms with Crippen molar-refractivity contribution in [2.24, 2.45) is 0 Å². The Balaban J connectivity index is 2.12. The second-order valence-corrected chi connectivity index (χ2v) is 6.54. The molecule has 94 valence electrons. The van der Waals surface area contributed by atoms with Crippen molar-refractivity contribution in [3.8, 4) is 0 Å². The summed E-state index contributed by atoms with van der Waals surface area (Å²) in [6.07, 6.45) is 2.83. The van der Waals surface area contributed by atoms with Crippen molar-refractivity contribution >= 4 is 15.8 Å². The molecule has 0 spiro atoms. The van der Waals surface area contributed by atoms with E-state index in [1.54, 1.807) is 6.20 Å². The van der Waals surface area contributed by atoms with Crippen LogP contribution in [0.2, 0.25) is 0 Å². The fourth-order valence-electron chi connectivity index (χ4n) is 2.09. The van der Waals surface area contributed by atoms with Crippen LogP contribution in [0, 0.1) is 0 Å². The van der Waals surface area contributed by atoms with Crippen LogP contribution < -0.4 is 0 Å². The number of carboxylic acid groups (broad SMARTS) is 1. The van der Waals surface area contributed by atoms with Crippen LogP contribution in [0.4, 0.5) is 0 Å². The van der Waals surface area contributed by atoms with Crippen LogP contribution in [-0.2, 0) is 21.1 Å². The molecule has 1 aliphatic heterocycles. The van der Waals surface area contributed by atoms with Crippen molar-refractivity contribution in [3.63, 3.8) is 0 Å². The highest BCUT2D eigenvalue weighted by molar-refractivity contribution is 7.91. The van der Waals surface area contributed by atoms with E-state index in [4.69, 9.17) is 5.11 Å². The summed E-state index contributed by atoms with van der Waals surface area (Å²) in [6, 6.07) is 0. The third-order valence-corrected chi connectivity index (χ3v) is 4.69. The number of hydrogen-bond acceptors (Lipinski definition) is 4. The number of sulfone groups is 1. The molecule has 1 fully saturated rings. The van der Waals surface area contributed by atoms with E-state index in [2.05, 4.69) is 9.97 Å².